The SMILES string of the molecule is CC1CN(C2CCOC3(CCSCC3)C2)CC1C(=O)O. The molecule has 3 fully saturated rings. The Labute approximate surface area is 125 Å². The van der Waals surface area contributed by atoms with E-state index >= 15 is 0 Å². The first-order chi connectivity index (χ1) is 9.60. The van der Waals surface area contributed by atoms with E-state index in [2.05, 4.69) is 11.8 Å². The van der Waals surface area contributed by atoms with Crippen molar-refractivity contribution in [3.63, 3.8) is 0 Å². The molecular weight excluding hydrogens is 274 g/mol. The summed E-state index contributed by atoms with van der Waals surface area (Å²) in [6.07, 6.45) is 4.50. The number of nitrogens with zero attached hydrogens (tertiary/aromatic N) is 1. The minimum atomic E-state index is -0.629. The molecule has 3 heterocycles. The average molecular weight is 299 g/mol. The third kappa shape index (κ3) is 2.85. The zero-order valence-electron chi connectivity index (χ0n) is 12.2. The Morgan fingerprint density at radius 3 is 2.75 bits per heavy atom. The zero-order valence-corrected chi connectivity index (χ0v) is 13.0. The largest absolute Gasteiger partial charge is 0.481 e. The summed E-state index contributed by atoms with van der Waals surface area (Å²) in [5.41, 5.74) is 0.0959. The third-order valence-electron chi connectivity index (χ3n) is 5.35. The third-order valence-corrected chi connectivity index (χ3v) is 6.33. The number of aliphatic carboxylic acids is 1. The maximum Gasteiger partial charge on any atom is 0.308 e. The van der Waals surface area contributed by atoms with Gasteiger partial charge in [-0.25, -0.2) is 0 Å². The summed E-state index contributed by atoms with van der Waals surface area (Å²) >= 11 is 2.03. The number of hydrogen-bond donors (Lipinski definition) is 1. The first kappa shape index (κ1) is 14.7. The number of likely N-dealkylation sites (tertiary alicyclic amines) is 1. The lowest BCUT2D eigenvalue weighted by atomic mass is 9.85. The summed E-state index contributed by atoms with van der Waals surface area (Å²) in [4.78, 5) is 13.7. The lowest BCUT2D eigenvalue weighted by Crippen LogP contribution is -2.50. The predicted octanol–water partition coefficient (Wildman–Crippen LogP) is 2.08. The molecule has 1 N–H and O–H groups in total. The van der Waals surface area contributed by atoms with E-state index < -0.39 is 5.97 Å². The van der Waals surface area contributed by atoms with Gasteiger partial charge in [-0.2, -0.15) is 11.8 Å². The molecule has 3 unspecified atom stereocenters. The highest BCUT2D eigenvalue weighted by Crippen LogP contribution is 2.40. The highest BCUT2D eigenvalue weighted by atomic mass is 32.2. The van der Waals surface area contributed by atoms with Gasteiger partial charge in [0.25, 0.3) is 0 Å². The van der Waals surface area contributed by atoms with Crippen molar-refractivity contribution < 1.29 is 14.6 Å². The maximum absolute atomic E-state index is 11.3. The van der Waals surface area contributed by atoms with Crippen molar-refractivity contribution in [2.45, 2.75) is 44.2 Å². The summed E-state index contributed by atoms with van der Waals surface area (Å²) in [5, 5.41) is 9.29. The molecule has 20 heavy (non-hydrogen) atoms. The van der Waals surface area contributed by atoms with E-state index in [0.29, 0.717) is 6.04 Å². The number of carboxylic acids is 1. The monoisotopic (exact) mass is 299 g/mol. The van der Waals surface area contributed by atoms with Crippen LogP contribution in [0.15, 0.2) is 0 Å². The van der Waals surface area contributed by atoms with Gasteiger partial charge in [-0.05, 0) is 43.1 Å². The lowest BCUT2D eigenvalue weighted by molar-refractivity contribution is -0.142. The van der Waals surface area contributed by atoms with E-state index in [1.54, 1.807) is 0 Å². The second kappa shape index (κ2) is 5.85. The Kier molecular flexibility index (Phi) is 4.29. The van der Waals surface area contributed by atoms with Crippen molar-refractivity contribution in [3.8, 4) is 0 Å². The van der Waals surface area contributed by atoms with E-state index in [1.807, 2.05) is 11.8 Å². The van der Waals surface area contributed by atoms with Crippen LogP contribution in [0.4, 0.5) is 0 Å². The molecule has 3 rings (SSSR count). The topological polar surface area (TPSA) is 49.8 Å². The van der Waals surface area contributed by atoms with E-state index in [9.17, 15) is 9.90 Å². The van der Waals surface area contributed by atoms with Crippen LogP contribution in [0.5, 0.6) is 0 Å². The maximum atomic E-state index is 11.3. The predicted molar refractivity (Wildman–Crippen MR) is 80.1 cm³/mol. The van der Waals surface area contributed by atoms with Crippen molar-refractivity contribution in [1.29, 1.82) is 0 Å². The van der Waals surface area contributed by atoms with E-state index in [0.717, 1.165) is 32.5 Å². The quantitative estimate of drug-likeness (QED) is 0.846. The Morgan fingerprint density at radius 2 is 2.10 bits per heavy atom. The van der Waals surface area contributed by atoms with Crippen LogP contribution >= 0.6 is 11.8 Å². The molecule has 0 aliphatic carbocycles. The molecule has 0 aromatic carbocycles. The molecule has 3 saturated heterocycles. The molecule has 0 saturated carbocycles. The summed E-state index contributed by atoms with van der Waals surface area (Å²) in [6, 6.07) is 0.527. The van der Waals surface area contributed by atoms with Gasteiger partial charge in [-0.1, -0.05) is 6.92 Å². The standard InChI is InChI=1S/C15H25NO3S/c1-11-9-16(10-13(11)14(17)18)12-2-5-19-15(8-12)3-6-20-7-4-15/h11-13H,2-10H2,1H3,(H,17,18). The molecule has 3 aliphatic heterocycles. The van der Waals surface area contributed by atoms with Gasteiger partial charge >= 0.3 is 5.97 Å². The van der Waals surface area contributed by atoms with Crippen molar-refractivity contribution in [2.24, 2.45) is 11.8 Å². The van der Waals surface area contributed by atoms with Gasteiger partial charge in [0.2, 0.25) is 0 Å². The molecule has 4 nitrogen and oxygen atoms in total. The first-order valence-electron chi connectivity index (χ1n) is 7.78. The minimum absolute atomic E-state index is 0.0959. The van der Waals surface area contributed by atoms with Crippen LogP contribution in [-0.4, -0.2) is 58.8 Å². The normalized spacial score (nSPS) is 38.1. The Morgan fingerprint density at radius 1 is 1.35 bits per heavy atom. The Balaban J connectivity index is 1.64. The first-order valence-corrected chi connectivity index (χ1v) is 8.94. The zero-order chi connectivity index (χ0) is 14.2. The van der Waals surface area contributed by atoms with Crippen LogP contribution in [0, 0.1) is 11.8 Å². The fraction of sp³-hybridized carbons (Fsp3) is 0.933. The van der Waals surface area contributed by atoms with Crippen LogP contribution in [0.2, 0.25) is 0 Å². The molecule has 0 aromatic rings. The van der Waals surface area contributed by atoms with Gasteiger partial charge in [0.1, 0.15) is 0 Å². The molecule has 114 valence electrons. The molecule has 3 aliphatic rings. The summed E-state index contributed by atoms with van der Waals surface area (Å²) in [6.45, 7) is 4.58. The molecule has 0 bridgehead atoms. The van der Waals surface area contributed by atoms with Crippen LogP contribution < -0.4 is 0 Å². The van der Waals surface area contributed by atoms with Gasteiger partial charge in [-0.15, -0.1) is 0 Å². The number of rotatable bonds is 2. The molecule has 0 radical (unpaired) electrons. The lowest BCUT2D eigenvalue weighted by Gasteiger charge is -2.45. The van der Waals surface area contributed by atoms with Crippen molar-refractivity contribution >= 4 is 17.7 Å². The van der Waals surface area contributed by atoms with Gasteiger partial charge in [-0.3, -0.25) is 9.69 Å². The molecular formula is C15H25NO3S. The molecule has 5 heteroatoms. The minimum Gasteiger partial charge on any atom is -0.481 e. The fourth-order valence-corrected chi connectivity index (χ4v) is 5.27. The molecule has 0 aromatic heterocycles. The van der Waals surface area contributed by atoms with Crippen LogP contribution in [0.3, 0.4) is 0 Å². The van der Waals surface area contributed by atoms with E-state index in [4.69, 9.17) is 4.74 Å². The molecule has 1 spiro atoms. The summed E-state index contributed by atoms with van der Waals surface area (Å²) in [7, 11) is 0. The number of carboxylic acid groups (broad SMARTS) is 1. The molecule has 0 amide bonds. The Bertz CT molecular complexity index is 365. The van der Waals surface area contributed by atoms with Crippen LogP contribution in [0.1, 0.15) is 32.6 Å². The summed E-state index contributed by atoms with van der Waals surface area (Å²) < 4.78 is 6.14. The van der Waals surface area contributed by atoms with Crippen molar-refractivity contribution in [3.05, 3.63) is 0 Å². The van der Waals surface area contributed by atoms with Crippen molar-refractivity contribution in [2.75, 3.05) is 31.2 Å². The van der Waals surface area contributed by atoms with Gasteiger partial charge < -0.3 is 9.84 Å². The number of hydrogen-bond acceptors (Lipinski definition) is 4. The van der Waals surface area contributed by atoms with Gasteiger partial charge in [0.05, 0.1) is 11.5 Å². The van der Waals surface area contributed by atoms with Gasteiger partial charge in [0.15, 0.2) is 0 Å². The second-order valence-corrected chi connectivity index (χ2v) is 7.89. The average Bonchev–Trinajstić information content (AvgIpc) is 2.82. The fourth-order valence-electron chi connectivity index (χ4n) is 4.03. The van der Waals surface area contributed by atoms with Crippen molar-refractivity contribution in [1.82, 2.24) is 4.90 Å². The number of thioether (sulfide) groups is 1. The highest BCUT2D eigenvalue weighted by Gasteiger charge is 2.44. The Hall–Kier alpha value is -0.260. The smallest absolute Gasteiger partial charge is 0.308 e. The highest BCUT2D eigenvalue weighted by molar-refractivity contribution is 7.99. The van der Waals surface area contributed by atoms with Gasteiger partial charge in [0, 0.05) is 25.7 Å². The second-order valence-electron chi connectivity index (χ2n) is 6.67. The van der Waals surface area contributed by atoms with E-state index in [-0.39, 0.29) is 17.4 Å². The molecule has 3 atom stereocenters. The number of carbonyl (C=O) groups is 1. The van der Waals surface area contributed by atoms with Crippen LogP contribution in [-0.2, 0) is 9.53 Å². The summed E-state index contributed by atoms with van der Waals surface area (Å²) in [5.74, 6) is 1.88. The van der Waals surface area contributed by atoms with E-state index in [1.165, 1.54) is 24.3 Å². The number of ether oxygens (including phenoxy) is 1. The van der Waals surface area contributed by atoms with Crippen LogP contribution in [0.25, 0.3) is 0 Å².